The van der Waals surface area contributed by atoms with Gasteiger partial charge in [-0.3, -0.25) is 0 Å². The molecule has 1 aromatic carbocycles. The molecule has 2 rings (SSSR count). The number of hydrogen-bond donors (Lipinski definition) is 0. The number of rotatable bonds is 1. The van der Waals surface area contributed by atoms with Crippen LogP contribution in [0.2, 0.25) is 0 Å². The van der Waals surface area contributed by atoms with Crippen LogP contribution in [0.4, 0.5) is 4.39 Å². The summed E-state index contributed by atoms with van der Waals surface area (Å²) in [4.78, 5) is 0. The third-order valence-electron chi connectivity index (χ3n) is 2.73. The van der Waals surface area contributed by atoms with E-state index in [-0.39, 0.29) is 10.6 Å². The van der Waals surface area contributed by atoms with E-state index in [2.05, 4.69) is 4.40 Å². The largest absolute Gasteiger partial charge is 0.234 e. The van der Waals surface area contributed by atoms with Gasteiger partial charge in [0.25, 0.3) is 0 Å². The highest BCUT2D eigenvalue weighted by atomic mass is 32.2. The lowest BCUT2D eigenvalue weighted by atomic mass is 10.1. The summed E-state index contributed by atoms with van der Waals surface area (Å²) in [5, 5.41) is 0. The minimum atomic E-state index is -1.25. The summed E-state index contributed by atoms with van der Waals surface area (Å²) in [6.07, 6.45) is 1.54. The van der Waals surface area contributed by atoms with Gasteiger partial charge in [-0.2, -0.15) is 4.40 Å². The zero-order valence-electron chi connectivity index (χ0n) is 10.3. The van der Waals surface area contributed by atoms with Crippen molar-refractivity contribution in [3.63, 3.8) is 0 Å². The van der Waals surface area contributed by atoms with E-state index in [1.165, 1.54) is 12.1 Å². The number of nitrogens with zero attached hydrogens (tertiary/aromatic N) is 1. The predicted octanol–water partition coefficient (Wildman–Crippen LogP) is 3.02. The first-order valence-corrected chi connectivity index (χ1v) is 6.77. The van der Waals surface area contributed by atoms with E-state index in [1.807, 2.05) is 20.8 Å². The second kappa shape index (κ2) is 4.33. The topological polar surface area (TPSA) is 29.4 Å². The molecule has 0 spiro atoms. The average molecular weight is 253 g/mol. The Kier molecular flexibility index (Phi) is 3.17. The molecule has 0 radical (unpaired) electrons. The quantitative estimate of drug-likeness (QED) is 0.756. The minimum Gasteiger partial charge on any atom is -0.234 e. The van der Waals surface area contributed by atoms with E-state index >= 15 is 0 Å². The van der Waals surface area contributed by atoms with Gasteiger partial charge in [-0.1, -0.05) is 0 Å². The molecule has 92 valence electrons. The maximum absolute atomic E-state index is 13.0. The third kappa shape index (κ3) is 2.63. The average Bonchev–Trinajstić information content (AvgIpc) is 2.59. The monoisotopic (exact) mass is 253 g/mol. The Morgan fingerprint density at radius 2 is 2.00 bits per heavy atom. The van der Waals surface area contributed by atoms with E-state index in [1.54, 1.807) is 6.07 Å². The third-order valence-corrected chi connectivity index (χ3v) is 4.16. The molecule has 0 amide bonds. The summed E-state index contributed by atoms with van der Waals surface area (Å²) in [6.45, 7) is 5.69. The predicted molar refractivity (Wildman–Crippen MR) is 69.2 cm³/mol. The van der Waals surface area contributed by atoms with Gasteiger partial charge >= 0.3 is 0 Å². The summed E-state index contributed by atoms with van der Waals surface area (Å²) in [7, 11) is -1.25. The summed E-state index contributed by atoms with van der Waals surface area (Å²) in [5.41, 5.74) is 2.76. The molecule has 1 atom stereocenters. The van der Waals surface area contributed by atoms with Crippen LogP contribution in [0.3, 0.4) is 0 Å². The fourth-order valence-electron chi connectivity index (χ4n) is 1.77. The standard InChI is InChI=1S/C13H16FNOS/c1-13(2,3)17(16)15-12-7-4-9-8-10(14)5-6-11(9)12/h5-6,8H,4,7H2,1-3H3. The molecule has 1 unspecified atom stereocenters. The van der Waals surface area contributed by atoms with Crippen molar-refractivity contribution in [2.75, 3.05) is 0 Å². The van der Waals surface area contributed by atoms with Gasteiger partial charge in [0.2, 0.25) is 0 Å². The van der Waals surface area contributed by atoms with Crippen LogP contribution in [0.15, 0.2) is 22.6 Å². The molecule has 0 aromatic heterocycles. The van der Waals surface area contributed by atoms with Crippen molar-refractivity contribution in [1.29, 1.82) is 0 Å². The highest BCUT2D eigenvalue weighted by molar-refractivity contribution is 7.85. The summed E-state index contributed by atoms with van der Waals surface area (Å²) in [6, 6.07) is 4.70. The Morgan fingerprint density at radius 3 is 2.65 bits per heavy atom. The smallest absolute Gasteiger partial charge is 0.145 e. The molecule has 0 saturated heterocycles. The molecule has 1 aromatic rings. The minimum absolute atomic E-state index is 0.220. The first kappa shape index (κ1) is 12.4. The molecule has 2 nitrogen and oxygen atoms in total. The fourth-order valence-corrected chi connectivity index (χ4v) is 2.43. The molecule has 0 saturated carbocycles. The molecule has 4 heteroatoms. The van der Waals surface area contributed by atoms with Crippen molar-refractivity contribution < 1.29 is 8.60 Å². The van der Waals surface area contributed by atoms with Crippen LogP contribution < -0.4 is 0 Å². The van der Waals surface area contributed by atoms with Gasteiger partial charge in [-0.25, -0.2) is 8.60 Å². The number of benzene rings is 1. The van der Waals surface area contributed by atoms with Crippen molar-refractivity contribution in [2.24, 2.45) is 4.40 Å². The Labute approximate surface area is 104 Å². The Bertz CT molecular complexity index is 503. The van der Waals surface area contributed by atoms with E-state index < -0.39 is 11.0 Å². The second-order valence-corrected chi connectivity index (χ2v) is 7.11. The van der Waals surface area contributed by atoms with Crippen molar-refractivity contribution >= 4 is 16.7 Å². The van der Waals surface area contributed by atoms with Crippen molar-refractivity contribution in [3.05, 3.63) is 35.1 Å². The van der Waals surface area contributed by atoms with Gasteiger partial charge in [-0.05, 0) is 57.4 Å². The Balaban J connectivity index is 2.34. The Hall–Kier alpha value is -1.03. The number of halogens is 1. The lowest BCUT2D eigenvalue weighted by Crippen LogP contribution is -2.20. The lowest BCUT2D eigenvalue weighted by Gasteiger charge is -2.14. The van der Waals surface area contributed by atoms with Gasteiger partial charge in [0.15, 0.2) is 0 Å². The van der Waals surface area contributed by atoms with Crippen molar-refractivity contribution in [1.82, 2.24) is 0 Å². The van der Waals surface area contributed by atoms with Crippen LogP contribution >= 0.6 is 0 Å². The zero-order chi connectivity index (χ0) is 12.6. The van der Waals surface area contributed by atoms with E-state index in [9.17, 15) is 8.60 Å². The molecule has 0 heterocycles. The van der Waals surface area contributed by atoms with E-state index in [0.717, 1.165) is 29.7 Å². The molecule has 0 aliphatic heterocycles. The summed E-state index contributed by atoms with van der Waals surface area (Å²) in [5.74, 6) is -0.220. The second-order valence-electron chi connectivity index (χ2n) is 5.20. The van der Waals surface area contributed by atoms with E-state index in [4.69, 9.17) is 0 Å². The maximum atomic E-state index is 13.0. The van der Waals surface area contributed by atoms with Gasteiger partial charge in [0.1, 0.15) is 16.8 Å². The van der Waals surface area contributed by atoms with Crippen LogP contribution in [-0.2, 0) is 17.4 Å². The van der Waals surface area contributed by atoms with Crippen LogP contribution in [0.5, 0.6) is 0 Å². The first-order chi connectivity index (χ1) is 7.88. The highest BCUT2D eigenvalue weighted by Crippen LogP contribution is 2.25. The van der Waals surface area contributed by atoms with E-state index in [0.29, 0.717) is 0 Å². The Morgan fingerprint density at radius 1 is 1.29 bits per heavy atom. The molecular weight excluding hydrogens is 237 g/mol. The number of hydrogen-bond acceptors (Lipinski definition) is 1. The van der Waals surface area contributed by atoms with Crippen molar-refractivity contribution in [2.45, 2.75) is 38.4 Å². The lowest BCUT2D eigenvalue weighted by molar-refractivity contribution is 0.626. The molecule has 0 fully saturated rings. The normalized spacial score (nSPS) is 19.4. The zero-order valence-corrected chi connectivity index (χ0v) is 11.1. The van der Waals surface area contributed by atoms with Crippen LogP contribution in [0, 0.1) is 5.82 Å². The molecule has 0 bridgehead atoms. The summed E-state index contributed by atoms with van der Waals surface area (Å²) < 4.78 is 28.9. The first-order valence-electron chi connectivity index (χ1n) is 5.66. The van der Waals surface area contributed by atoms with Crippen LogP contribution in [0.25, 0.3) is 0 Å². The number of fused-ring (bicyclic) bond motifs is 1. The fraction of sp³-hybridized carbons (Fsp3) is 0.462. The van der Waals surface area contributed by atoms with Crippen molar-refractivity contribution in [3.8, 4) is 0 Å². The van der Waals surface area contributed by atoms with Gasteiger partial charge in [-0.15, -0.1) is 0 Å². The van der Waals surface area contributed by atoms with Gasteiger partial charge in [0, 0.05) is 5.56 Å². The SMILES string of the molecule is CC(C)(C)S(=O)N=C1CCc2cc(F)ccc21. The molecule has 0 N–H and O–H groups in total. The van der Waals surface area contributed by atoms with Gasteiger partial charge in [0.05, 0.1) is 10.5 Å². The molecule has 1 aliphatic rings. The molecular formula is C13H16FNOS. The molecule has 17 heavy (non-hydrogen) atoms. The van der Waals surface area contributed by atoms with Crippen LogP contribution in [-0.4, -0.2) is 14.7 Å². The van der Waals surface area contributed by atoms with Crippen LogP contribution in [0.1, 0.15) is 38.3 Å². The highest BCUT2D eigenvalue weighted by Gasteiger charge is 2.23. The maximum Gasteiger partial charge on any atom is 0.145 e. The molecule has 1 aliphatic carbocycles. The van der Waals surface area contributed by atoms with Gasteiger partial charge < -0.3 is 0 Å². The summed E-state index contributed by atoms with van der Waals surface area (Å²) >= 11 is 0. The number of aryl methyl sites for hydroxylation is 1.